The van der Waals surface area contributed by atoms with Gasteiger partial charge in [0, 0.05) is 22.3 Å². The highest BCUT2D eigenvalue weighted by atomic mass is 32.1. The molecule has 0 aliphatic carbocycles. The minimum absolute atomic E-state index is 0.220. The molecule has 110 valence electrons. The molecule has 4 nitrogen and oxygen atoms in total. The van der Waals surface area contributed by atoms with E-state index >= 15 is 0 Å². The number of halogens is 1. The first kappa shape index (κ1) is 13.2. The number of aromatic nitrogens is 2. The van der Waals surface area contributed by atoms with Crippen LogP contribution in [0.15, 0.2) is 24.4 Å². The molecule has 0 bridgehead atoms. The van der Waals surface area contributed by atoms with E-state index in [1.54, 1.807) is 23.5 Å². The van der Waals surface area contributed by atoms with E-state index in [4.69, 9.17) is 0 Å². The number of aryl methyl sites for hydroxylation is 2. The Morgan fingerprint density at radius 1 is 1.36 bits per heavy atom. The van der Waals surface area contributed by atoms with Crippen LogP contribution in [0.2, 0.25) is 0 Å². The molecule has 0 fully saturated rings. The molecule has 1 aliphatic rings. The Kier molecular flexibility index (Phi) is 2.71. The number of benzene rings is 1. The molecule has 0 unspecified atom stereocenters. The molecular formula is C16H12FN3OS. The van der Waals surface area contributed by atoms with E-state index in [1.165, 1.54) is 12.1 Å². The number of hydrogen-bond acceptors (Lipinski definition) is 3. The summed E-state index contributed by atoms with van der Waals surface area (Å²) in [6.45, 7) is 3.92. The standard InChI is InChI=1S/C16H12FN3OS/c1-8-7-20-14(9(2)18-16(20)22-8)6-12-11-5-10(17)3-4-13(11)19-15(12)21/h3-7H,1-2H3,(H,19,21)/b12-6+. The van der Waals surface area contributed by atoms with Gasteiger partial charge in [0.25, 0.3) is 5.91 Å². The van der Waals surface area contributed by atoms with Crippen LogP contribution < -0.4 is 5.32 Å². The molecule has 0 spiro atoms. The van der Waals surface area contributed by atoms with Gasteiger partial charge in [0.05, 0.1) is 17.0 Å². The molecule has 22 heavy (non-hydrogen) atoms. The molecule has 4 rings (SSSR count). The molecule has 1 aliphatic heterocycles. The molecule has 2 aromatic heterocycles. The molecule has 6 heteroatoms. The van der Waals surface area contributed by atoms with Gasteiger partial charge in [-0.2, -0.15) is 0 Å². The van der Waals surface area contributed by atoms with E-state index in [2.05, 4.69) is 10.3 Å². The second kappa shape index (κ2) is 4.51. The molecule has 3 aromatic rings. The molecule has 1 N–H and O–H groups in total. The van der Waals surface area contributed by atoms with Gasteiger partial charge in [-0.1, -0.05) is 0 Å². The highest BCUT2D eigenvalue weighted by molar-refractivity contribution is 7.17. The Bertz CT molecular complexity index is 967. The van der Waals surface area contributed by atoms with Crippen LogP contribution >= 0.6 is 11.3 Å². The van der Waals surface area contributed by atoms with Gasteiger partial charge in [0.1, 0.15) is 5.82 Å². The monoisotopic (exact) mass is 313 g/mol. The lowest BCUT2D eigenvalue weighted by atomic mass is 10.1. The number of imidazole rings is 1. The maximum atomic E-state index is 13.5. The number of thiazole rings is 1. The second-order valence-corrected chi connectivity index (χ2v) is 6.49. The fourth-order valence-electron chi connectivity index (χ4n) is 2.70. The summed E-state index contributed by atoms with van der Waals surface area (Å²) < 4.78 is 15.5. The van der Waals surface area contributed by atoms with Crippen LogP contribution in [0.25, 0.3) is 16.6 Å². The number of carbonyl (C=O) groups is 1. The minimum atomic E-state index is -0.359. The maximum absolute atomic E-state index is 13.5. The van der Waals surface area contributed by atoms with Gasteiger partial charge in [-0.05, 0) is 38.1 Å². The average molecular weight is 313 g/mol. The van der Waals surface area contributed by atoms with Crippen molar-refractivity contribution in [2.75, 3.05) is 5.32 Å². The normalized spacial score (nSPS) is 15.6. The summed E-state index contributed by atoms with van der Waals surface area (Å²) in [5.41, 5.74) is 3.38. The predicted molar refractivity (Wildman–Crippen MR) is 85.4 cm³/mol. The zero-order chi connectivity index (χ0) is 15.4. The number of nitrogens with one attached hydrogen (secondary N) is 1. The molecule has 1 aromatic carbocycles. The minimum Gasteiger partial charge on any atom is -0.321 e. The third-order valence-electron chi connectivity index (χ3n) is 3.71. The van der Waals surface area contributed by atoms with E-state index in [1.807, 2.05) is 24.4 Å². The van der Waals surface area contributed by atoms with E-state index in [-0.39, 0.29) is 11.7 Å². The van der Waals surface area contributed by atoms with E-state index < -0.39 is 0 Å². The highest BCUT2D eigenvalue weighted by Crippen LogP contribution is 2.34. The zero-order valence-corrected chi connectivity index (χ0v) is 12.8. The van der Waals surface area contributed by atoms with Crippen LogP contribution in [0.3, 0.4) is 0 Å². The van der Waals surface area contributed by atoms with Crippen molar-refractivity contribution in [1.29, 1.82) is 0 Å². The lowest BCUT2D eigenvalue weighted by Gasteiger charge is -1.99. The van der Waals surface area contributed by atoms with Crippen LogP contribution in [-0.4, -0.2) is 15.3 Å². The number of fused-ring (bicyclic) bond motifs is 2. The number of rotatable bonds is 1. The van der Waals surface area contributed by atoms with Gasteiger partial charge >= 0.3 is 0 Å². The van der Waals surface area contributed by atoms with E-state index in [9.17, 15) is 9.18 Å². The van der Waals surface area contributed by atoms with Crippen molar-refractivity contribution in [2.24, 2.45) is 0 Å². The summed E-state index contributed by atoms with van der Waals surface area (Å²) in [7, 11) is 0. The summed E-state index contributed by atoms with van der Waals surface area (Å²) in [6, 6.07) is 4.30. The average Bonchev–Trinajstić information content (AvgIpc) is 3.04. The first-order chi connectivity index (χ1) is 10.5. The van der Waals surface area contributed by atoms with Crippen molar-refractivity contribution in [3.8, 4) is 0 Å². The Morgan fingerprint density at radius 2 is 2.18 bits per heavy atom. The SMILES string of the molecule is Cc1cn2c(/C=C3/C(=O)Nc4ccc(F)cc43)c(C)nc2s1. The first-order valence-corrected chi connectivity index (χ1v) is 7.62. The number of carbonyl (C=O) groups excluding carboxylic acids is 1. The van der Waals surface area contributed by atoms with E-state index in [0.29, 0.717) is 16.8 Å². The molecule has 1 amide bonds. The summed E-state index contributed by atoms with van der Waals surface area (Å²) in [6.07, 6.45) is 3.77. The van der Waals surface area contributed by atoms with Gasteiger partial charge in [-0.3, -0.25) is 9.20 Å². The number of amides is 1. The molecule has 0 saturated carbocycles. The zero-order valence-electron chi connectivity index (χ0n) is 12.0. The van der Waals surface area contributed by atoms with Crippen molar-refractivity contribution < 1.29 is 9.18 Å². The largest absolute Gasteiger partial charge is 0.321 e. The van der Waals surface area contributed by atoms with Gasteiger partial charge in [-0.15, -0.1) is 11.3 Å². The molecule has 0 radical (unpaired) electrons. The summed E-state index contributed by atoms with van der Waals surface area (Å²) in [5, 5.41) is 2.76. The molecule has 0 saturated heterocycles. The third-order valence-corrected chi connectivity index (χ3v) is 4.61. The second-order valence-electron chi connectivity index (χ2n) is 5.28. The van der Waals surface area contributed by atoms with Crippen molar-refractivity contribution in [2.45, 2.75) is 13.8 Å². The smallest absolute Gasteiger partial charge is 0.256 e. The fourth-order valence-corrected chi connectivity index (χ4v) is 3.57. The summed E-state index contributed by atoms with van der Waals surface area (Å²) in [5.74, 6) is -0.579. The highest BCUT2D eigenvalue weighted by Gasteiger charge is 2.25. The number of hydrogen-bond donors (Lipinski definition) is 1. The van der Waals surface area contributed by atoms with Crippen LogP contribution in [0.5, 0.6) is 0 Å². The van der Waals surface area contributed by atoms with E-state index in [0.717, 1.165) is 21.2 Å². The Balaban J connectivity index is 1.94. The maximum Gasteiger partial charge on any atom is 0.256 e. The lowest BCUT2D eigenvalue weighted by molar-refractivity contribution is -0.110. The third kappa shape index (κ3) is 1.88. The Morgan fingerprint density at radius 3 is 3.00 bits per heavy atom. The van der Waals surface area contributed by atoms with Crippen LogP contribution in [-0.2, 0) is 4.79 Å². The molecular weight excluding hydrogens is 301 g/mol. The van der Waals surface area contributed by atoms with Crippen molar-refractivity contribution in [1.82, 2.24) is 9.38 Å². The van der Waals surface area contributed by atoms with Crippen LogP contribution in [0, 0.1) is 19.7 Å². The summed E-state index contributed by atoms with van der Waals surface area (Å²) >= 11 is 1.60. The quantitative estimate of drug-likeness (QED) is 0.697. The summed E-state index contributed by atoms with van der Waals surface area (Å²) in [4.78, 5) is 18.7. The van der Waals surface area contributed by atoms with Gasteiger partial charge < -0.3 is 5.32 Å². The molecule has 3 heterocycles. The Labute approximate surface area is 129 Å². The predicted octanol–water partition coefficient (Wildman–Crippen LogP) is 3.64. The van der Waals surface area contributed by atoms with Gasteiger partial charge in [0.15, 0.2) is 4.96 Å². The fraction of sp³-hybridized carbons (Fsp3) is 0.125. The van der Waals surface area contributed by atoms with Crippen molar-refractivity contribution >= 4 is 39.5 Å². The van der Waals surface area contributed by atoms with Gasteiger partial charge in [-0.25, -0.2) is 9.37 Å². The molecule has 0 atom stereocenters. The van der Waals surface area contributed by atoms with Gasteiger partial charge in [0.2, 0.25) is 0 Å². The van der Waals surface area contributed by atoms with Crippen molar-refractivity contribution in [3.63, 3.8) is 0 Å². The Hall–Kier alpha value is -2.47. The topological polar surface area (TPSA) is 46.4 Å². The number of anilines is 1. The first-order valence-electron chi connectivity index (χ1n) is 6.81. The van der Waals surface area contributed by atoms with Crippen LogP contribution in [0.4, 0.5) is 10.1 Å². The number of nitrogens with zero attached hydrogens (tertiary/aromatic N) is 2. The van der Waals surface area contributed by atoms with Crippen molar-refractivity contribution in [3.05, 3.63) is 52.0 Å². The van der Waals surface area contributed by atoms with Crippen LogP contribution in [0.1, 0.15) is 21.8 Å². The lowest BCUT2D eigenvalue weighted by Crippen LogP contribution is -2.03.